The molecule has 0 fully saturated rings. The molecule has 0 saturated carbocycles. The Balaban J connectivity index is 1.32. The molecule has 0 N–H and O–H groups in total. The second kappa shape index (κ2) is 12.4. The van der Waals surface area contributed by atoms with Gasteiger partial charge in [-0.05, 0) is 75.0 Å². The quantitative estimate of drug-likeness (QED) is 0.171. The number of fused-ring (bicyclic) bond motifs is 8. The molecular formula is C50H37NS2. The third-order valence-electron chi connectivity index (χ3n) is 10.6. The molecule has 0 atom stereocenters. The third-order valence-corrected chi connectivity index (χ3v) is 13.0. The van der Waals surface area contributed by atoms with E-state index in [2.05, 4.69) is 196 Å². The maximum atomic E-state index is 2.53. The zero-order valence-corrected chi connectivity index (χ0v) is 31.6. The first-order valence-electron chi connectivity index (χ1n) is 18.3. The first-order valence-corrected chi connectivity index (χ1v) is 19.9. The molecule has 0 saturated heterocycles. The minimum atomic E-state index is -0.0247. The number of hydrogen-bond acceptors (Lipinski definition) is 3. The Morgan fingerprint density at radius 1 is 0.396 bits per heavy atom. The van der Waals surface area contributed by atoms with E-state index in [9.17, 15) is 0 Å². The fourth-order valence-corrected chi connectivity index (χ4v) is 10.9. The van der Waals surface area contributed by atoms with Gasteiger partial charge in [-0.3, -0.25) is 0 Å². The van der Waals surface area contributed by atoms with Crippen LogP contribution in [0.25, 0.3) is 73.4 Å². The number of anilines is 3. The molecule has 0 spiro atoms. The number of rotatable bonds is 5. The van der Waals surface area contributed by atoms with E-state index in [1.54, 1.807) is 0 Å². The second-order valence-electron chi connectivity index (χ2n) is 14.9. The summed E-state index contributed by atoms with van der Waals surface area (Å²) >= 11 is 3.87. The number of thiophene rings is 2. The Hall–Kier alpha value is -5.74. The number of nitrogens with zero attached hydrogens (tertiary/aromatic N) is 1. The SMILES string of the molecule is CC(C)(C)c1ccc(N(c2ccc(-c3ccccc3)cc2)c2ccc(-c3ccccc3)c3ccccc23)c2c1sc1ccc3c4ccccc4sc3c12. The molecule has 0 aliphatic rings. The Kier molecular flexibility index (Phi) is 7.50. The standard InChI is InChI=1S/C50H37NS2/c1-50(2,3)41-28-30-43(46-47-45(53-49(41)46)31-27-40-39-20-12-13-21-44(39)52-48(40)47)51(35-24-22-33(23-25-35)32-14-6-4-7-15-32)42-29-26-36(34-16-8-5-9-17-34)37-18-10-11-19-38(37)42/h4-31H,1-3H3. The molecule has 0 aliphatic heterocycles. The zero-order valence-electron chi connectivity index (χ0n) is 29.9. The van der Waals surface area contributed by atoms with E-state index >= 15 is 0 Å². The summed E-state index contributed by atoms with van der Waals surface area (Å²) in [6.45, 7) is 7.03. The summed E-state index contributed by atoms with van der Waals surface area (Å²) in [6, 6.07) is 62.5. The molecule has 0 bridgehead atoms. The predicted octanol–water partition coefficient (Wildman–Crippen LogP) is 15.7. The van der Waals surface area contributed by atoms with Gasteiger partial charge in [0.25, 0.3) is 0 Å². The minimum absolute atomic E-state index is 0.0247. The van der Waals surface area contributed by atoms with Gasteiger partial charge in [0.2, 0.25) is 0 Å². The lowest BCUT2D eigenvalue weighted by molar-refractivity contribution is 0.597. The molecule has 0 radical (unpaired) electrons. The third kappa shape index (κ3) is 5.26. The van der Waals surface area contributed by atoms with Crippen molar-refractivity contribution in [1.82, 2.24) is 0 Å². The van der Waals surface area contributed by atoms with Crippen molar-refractivity contribution in [3.8, 4) is 22.3 Å². The summed E-state index contributed by atoms with van der Waals surface area (Å²) in [4.78, 5) is 2.53. The van der Waals surface area contributed by atoms with Crippen LogP contribution in [0.4, 0.5) is 17.1 Å². The highest BCUT2D eigenvalue weighted by atomic mass is 32.1. The minimum Gasteiger partial charge on any atom is -0.309 e. The van der Waals surface area contributed by atoms with Crippen molar-refractivity contribution in [2.75, 3.05) is 4.90 Å². The van der Waals surface area contributed by atoms with Crippen LogP contribution < -0.4 is 4.90 Å². The summed E-state index contributed by atoms with van der Waals surface area (Å²) < 4.78 is 5.40. The second-order valence-corrected chi connectivity index (χ2v) is 17.0. The summed E-state index contributed by atoms with van der Waals surface area (Å²) in [7, 11) is 0. The molecular weight excluding hydrogens is 679 g/mol. The van der Waals surface area contributed by atoms with Crippen molar-refractivity contribution >= 4 is 90.9 Å². The molecule has 10 aromatic rings. The lowest BCUT2D eigenvalue weighted by atomic mass is 9.85. The van der Waals surface area contributed by atoms with E-state index < -0.39 is 0 Å². The Labute approximate surface area is 318 Å². The van der Waals surface area contributed by atoms with Crippen molar-refractivity contribution in [3.63, 3.8) is 0 Å². The molecule has 2 aromatic heterocycles. The van der Waals surface area contributed by atoms with Crippen LogP contribution in [0.5, 0.6) is 0 Å². The van der Waals surface area contributed by atoms with Gasteiger partial charge in [0.15, 0.2) is 0 Å². The lowest BCUT2D eigenvalue weighted by Gasteiger charge is -2.30. The molecule has 254 valence electrons. The molecule has 53 heavy (non-hydrogen) atoms. The van der Waals surface area contributed by atoms with Crippen LogP contribution in [0.3, 0.4) is 0 Å². The van der Waals surface area contributed by atoms with Crippen molar-refractivity contribution < 1.29 is 0 Å². The van der Waals surface area contributed by atoms with E-state index in [1.807, 2.05) is 22.7 Å². The van der Waals surface area contributed by atoms with Gasteiger partial charge < -0.3 is 4.90 Å². The van der Waals surface area contributed by atoms with Gasteiger partial charge in [0.1, 0.15) is 0 Å². The summed E-state index contributed by atoms with van der Waals surface area (Å²) in [5, 5.41) is 7.82. The van der Waals surface area contributed by atoms with Crippen LogP contribution in [0, 0.1) is 0 Å². The van der Waals surface area contributed by atoms with Gasteiger partial charge in [-0.15, -0.1) is 22.7 Å². The monoisotopic (exact) mass is 715 g/mol. The van der Waals surface area contributed by atoms with Crippen molar-refractivity contribution in [2.45, 2.75) is 26.2 Å². The van der Waals surface area contributed by atoms with E-state index in [-0.39, 0.29) is 5.41 Å². The molecule has 2 heterocycles. The van der Waals surface area contributed by atoms with E-state index in [0.717, 1.165) is 5.69 Å². The summed E-state index contributed by atoms with van der Waals surface area (Å²) in [5.74, 6) is 0. The first kappa shape index (κ1) is 32.0. The molecule has 10 rings (SSSR count). The number of hydrogen-bond donors (Lipinski definition) is 0. The summed E-state index contributed by atoms with van der Waals surface area (Å²) in [5.41, 5.74) is 9.76. The predicted molar refractivity (Wildman–Crippen MR) is 234 cm³/mol. The number of benzene rings is 8. The molecule has 8 aromatic carbocycles. The fourth-order valence-electron chi connectivity index (χ4n) is 8.09. The van der Waals surface area contributed by atoms with Crippen LogP contribution in [0.1, 0.15) is 26.3 Å². The molecule has 0 amide bonds. The van der Waals surface area contributed by atoms with Crippen LogP contribution in [-0.2, 0) is 5.41 Å². The van der Waals surface area contributed by atoms with Crippen LogP contribution >= 0.6 is 22.7 Å². The molecule has 1 nitrogen and oxygen atoms in total. The van der Waals surface area contributed by atoms with Gasteiger partial charge in [-0.25, -0.2) is 0 Å². The Morgan fingerprint density at radius 2 is 1.00 bits per heavy atom. The van der Waals surface area contributed by atoms with E-state index in [1.165, 1.54) is 90.3 Å². The molecule has 0 unspecified atom stereocenters. The molecule has 0 aliphatic carbocycles. The average Bonchev–Trinajstić information content (AvgIpc) is 3.78. The van der Waals surface area contributed by atoms with Gasteiger partial charge in [0, 0.05) is 51.4 Å². The van der Waals surface area contributed by atoms with Gasteiger partial charge in [0.05, 0.1) is 11.4 Å². The zero-order chi connectivity index (χ0) is 35.7. The average molecular weight is 716 g/mol. The Bertz CT molecular complexity index is 2960. The maximum Gasteiger partial charge on any atom is 0.0555 e. The highest BCUT2D eigenvalue weighted by Gasteiger charge is 2.27. The highest BCUT2D eigenvalue weighted by molar-refractivity contribution is 7.30. The van der Waals surface area contributed by atoms with Crippen LogP contribution in [0.15, 0.2) is 170 Å². The van der Waals surface area contributed by atoms with Crippen molar-refractivity contribution in [3.05, 3.63) is 175 Å². The maximum absolute atomic E-state index is 2.53. The van der Waals surface area contributed by atoms with Gasteiger partial charge in [-0.1, -0.05) is 154 Å². The first-order chi connectivity index (χ1) is 25.9. The van der Waals surface area contributed by atoms with Crippen LogP contribution in [0.2, 0.25) is 0 Å². The van der Waals surface area contributed by atoms with E-state index in [4.69, 9.17) is 0 Å². The van der Waals surface area contributed by atoms with Gasteiger partial charge in [-0.2, -0.15) is 0 Å². The van der Waals surface area contributed by atoms with Crippen LogP contribution in [-0.4, -0.2) is 0 Å². The summed E-state index contributed by atoms with van der Waals surface area (Å²) in [6.07, 6.45) is 0. The van der Waals surface area contributed by atoms with Crippen molar-refractivity contribution in [1.29, 1.82) is 0 Å². The highest BCUT2D eigenvalue weighted by Crippen LogP contribution is 2.53. The topological polar surface area (TPSA) is 3.24 Å². The largest absolute Gasteiger partial charge is 0.309 e. The Morgan fingerprint density at radius 3 is 1.74 bits per heavy atom. The van der Waals surface area contributed by atoms with Gasteiger partial charge >= 0.3 is 0 Å². The smallest absolute Gasteiger partial charge is 0.0555 e. The normalized spacial score (nSPS) is 12.1. The lowest BCUT2D eigenvalue weighted by Crippen LogP contribution is -2.14. The van der Waals surface area contributed by atoms with E-state index in [0.29, 0.717) is 0 Å². The molecule has 3 heteroatoms. The fraction of sp³-hybridized carbons (Fsp3) is 0.0800. The van der Waals surface area contributed by atoms with Crippen molar-refractivity contribution in [2.24, 2.45) is 0 Å².